The second-order valence-electron chi connectivity index (χ2n) is 16.4. The van der Waals surface area contributed by atoms with Gasteiger partial charge in [0, 0.05) is 12.8 Å². The van der Waals surface area contributed by atoms with Gasteiger partial charge in [-0.25, -0.2) is 4.57 Å². The normalized spacial score (nSPS) is 13.9. The van der Waals surface area contributed by atoms with Crippen LogP contribution in [0, 0.1) is 0 Å². The summed E-state index contributed by atoms with van der Waals surface area (Å²) >= 11 is 0. The lowest BCUT2D eigenvalue weighted by atomic mass is 10.1. The largest absolute Gasteiger partial charge is 0.472 e. The van der Waals surface area contributed by atoms with Crippen molar-refractivity contribution in [2.45, 2.75) is 200 Å². The van der Waals surface area contributed by atoms with Gasteiger partial charge in [0.15, 0.2) is 6.10 Å². The van der Waals surface area contributed by atoms with Gasteiger partial charge >= 0.3 is 19.8 Å². The van der Waals surface area contributed by atoms with Crippen molar-refractivity contribution < 1.29 is 42.1 Å². The molecule has 56 heavy (non-hydrogen) atoms. The maximum Gasteiger partial charge on any atom is 0.472 e. The van der Waals surface area contributed by atoms with E-state index in [-0.39, 0.29) is 32.0 Å². The van der Waals surface area contributed by atoms with E-state index in [1.807, 2.05) is 21.1 Å². The average Bonchev–Trinajstić information content (AvgIpc) is 3.15. The van der Waals surface area contributed by atoms with Gasteiger partial charge < -0.3 is 18.9 Å². The van der Waals surface area contributed by atoms with Crippen molar-refractivity contribution in [3.8, 4) is 0 Å². The van der Waals surface area contributed by atoms with E-state index in [4.69, 9.17) is 18.5 Å². The highest BCUT2D eigenvalue weighted by molar-refractivity contribution is 7.47. The van der Waals surface area contributed by atoms with E-state index >= 15 is 0 Å². The molecule has 1 N–H and O–H groups in total. The summed E-state index contributed by atoms with van der Waals surface area (Å²) in [5, 5.41) is 0. The van der Waals surface area contributed by atoms with E-state index in [9.17, 15) is 19.0 Å². The van der Waals surface area contributed by atoms with Crippen LogP contribution in [0.15, 0.2) is 36.5 Å². The van der Waals surface area contributed by atoms with Gasteiger partial charge in [-0.15, -0.1) is 0 Å². The van der Waals surface area contributed by atoms with E-state index in [1.165, 1.54) is 89.9 Å². The van der Waals surface area contributed by atoms with Gasteiger partial charge in [-0.05, 0) is 70.6 Å². The first-order valence-corrected chi connectivity index (χ1v) is 24.2. The van der Waals surface area contributed by atoms with Gasteiger partial charge in [0.1, 0.15) is 19.8 Å². The highest BCUT2D eigenvalue weighted by Gasteiger charge is 2.27. The third kappa shape index (κ3) is 41.9. The minimum Gasteiger partial charge on any atom is -0.462 e. The minimum atomic E-state index is -4.38. The number of ether oxygens (including phenoxy) is 2. The van der Waals surface area contributed by atoms with Crippen molar-refractivity contribution in [2.24, 2.45) is 0 Å². The summed E-state index contributed by atoms with van der Waals surface area (Å²) in [5.74, 6) is -0.812. The van der Waals surface area contributed by atoms with Gasteiger partial charge in [0.25, 0.3) is 0 Å². The smallest absolute Gasteiger partial charge is 0.462 e. The molecule has 0 heterocycles. The number of likely N-dealkylation sites (N-methyl/N-ethyl adjacent to an activating group) is 1. The molecule has 0 aliphatic rings. The Kier molecular flexibility index (Phi) is 37.5. The lowest BCUT2D eigenvalue weighted by molar-refractivity contribution is -0.870. The molecule has 2 atom stereocenters. The number of phosphoric ester groups is 1. The third-order valence-corrected chi connectivity index (χ3v) is 10.6. The van der Waals surface area contributed by atoms with Crippen molar-refractivity contribution in [3.05, 3.63) is 36.5 Å². The summed E-state index contributed by atoms with van der Waals surface area (Å²) in [6.45, 7) is 4.37. The van der Waals surface area contributed by atoms with E-state index in [0.717, 1.165) is 70.6 Å². The van der Waals surface area contributed by atoms with Gasteiger partial charge in [0.2, 0.25) is 0 Å². The van der Waals surface area contributed by atoms with Crippen LogP contribution in [0.25, 0.3) is 0 Å². The number of rotatable bonds is 41. The summed E-state index contributed by atoms with van der Waals surface area (Å²) in [4.78, 5) is 35.4. The number of hydrogen-bond acceptors (Lipinski definition) is 7. The predicted octanol–water partition coefficient (Wildman–Crippen LogP) is 12.9. The van der Waals surface area contributed by atoms with Crippen LogP contribution in [-0.2, 0) is 32.7 Å². The second kappa shape index (κ2) is 38.7. The molecule has 0 fully saturated rings. The molecule has 0 saturated heterocycles. The molecule has 0 bridgehead atoms. The zero-order chi connectivity index (χ0) is 41.4. The number of phosphoric acid groups is 1. The van der Waals surface area contributed by atoms with Crippen molar-refractivity contribution in [1.29, 1.82) is 0 Å². The number of carbonyl (C=O) groups is 2. The van der Waals surface area contributed by atoms with Crippen molar-refractivity contribution >= 4 is 19.8 Å². The lowest BCUT2D eigenvalue weighted by Crippen LogP contribution is -2.37. The number of hydrogen-bond donors (Lipinski definition) is 1. The molecule has 0 aliphatic carbocycles. The van der Waals surface area contributed by atoms with Crippen LogP contribution < -0.4 is 0 Å². The highest BCUT2D eigenvalue weighted by Crippen LogP contribution is 2.43. The monoisotopic (exact) mass is 813 g/mol. The second-order valence-corrected chi connectivity index (χ2v) is 17.9. The molecule has 9 nitrogen and oxygen atoms in total. The first-order chi connectivity index (χ1) is 27.0. The maximum absolute atomic E-state index is 12.7. The molecule has 0 aromatic carbocycles. The first kappa shape index (κ1) is 54.2. The summed E-state index contributed by atoms with van der Waals surface area (Å²) in [7, 11) is 1.47. The fourth-order valence-electron chi connectivity index (χ4n) is 6.04. The molecule has 0 amide bonds. The topological polar surface area (TPSA) is 108 Å². The Morgan fingerprint density at radius 3 is 1.46 bits per heavy atom. The fraction of sp³-hybridized carbons (Fsp3) is 0.826. The van der Waals surface area contributed by atoms with Gasteiger partial charge in [-0.3, -0.25) is 18.6 Å². The minimum absolute atomic E-state index is 0.0295. The number of allylic oxidation sites excluding steroid dienone is 6. The lowest BCUT2D eigenvalue weighted by Gasteiger charge is -2.24. The van der Waals surface area contributed by atoms with Gasteiger partial charge in [-0.1, -0.05) is 147 Å². The van der Waals surface area contributed by atoms with Crippen LogP contribution in [0.3, 0.4) is 0 Å². The molecule has 0 spiro atoms. The van der Waals surface area contributed by atoms with E-state index < -0.39 is 26.5 Å². The average molecular weight is 813 g/mol. The SMILES string of the molecule is CCCCC/C=C\C/C=C\CCCCCCCCCCCC(=O)OC(COC(=O)CCCCCCC/C=C\CCCCCC)COP(=O)(O)OCC[N+](C)(C)C. The number of nitrogens with zero attached hydrogens (tertiary/aromatic N) is 1. The van der Waals surface area contributed by atoms with Crippen LogP contribution in [0.1, 0.15) is 194 Å². The maximum atomic E-state index is 12.7. The molecule has 328 valence electrons. The van der Waals surface area contributed by atoms with Gasteiger partial charge in [-0.2, -0.15) is 0 Å². The molecule has 0 saturated carbocycles. The number of quaternary nitrogens is 1. The standard InChI is InChI=1S/C46H86NO8P/c1-6-8-10-12-14-16-18-20-21-22-23-24-25-27-29-31-33-35-37-39-46(49)55-44(43-54-56(50,51)53-41-40-47(3,4)5)42-52-45(48)38-36-34-32-30-28-26-19-17-15-13-11-9-7-2/h14,16-17,19-21,44H,6-13,15,18,22-43H2,1-5H3/p+1/b16-14-,19-17-,21-20-. The molecule has 0 aliphatic heterocycles. The Morgan fingerprint density at radius 2 is 0.964 bits per heavy atom. The van der Waals surface area contributed by atoms with Crippen LogP contribution in [0.2, 0.25) is 0 Å². The molecular formula is C46H87NO8P+. The molecule has 0 aromatic heterocycles. The van der Waals surface area contributed by atoms with Crippen molar-refractivity contribution in [2.75, 3.05) is 47.5 Å². The summed E-state index contributed by atoms with van der Waals surface area (Å²) < 4.78 is 34.3. The fourth-order valence-corrected chi connectivity index (χ4v) is 6.78. The Morgan fingerprint density at radius 1 is 0.554 bits per heavy atom. The summed E-state index contributed by atoms with van der Waals surface area (Å²) in [6, 6.07) is 0. The molecule has 0 rings (SSSR count). The molecular weight excluding hydrogens is 725 g/mol. The van der Waals surface area contributed by atoms with E-state index in [1.54, 1.807) is 0 Å². The molecule has 2 unspecified atom stereocenters. The Labute approximate surface area is 344 Å². The van der Waals surface area contributed by atoms with E-state index in [2.05, 4.69) is 50.3 Å². The highest BCUT2D eigenvalue weighted by atomic mass is 31.2. The zero-order valence-electron chi connectivity index (χ0n) is 36.9. The number of esters is 2. The van der Waals surface area contributed by atoms with Crippen molar-refractivity contribution in [3.63, 3.8) is 0 Å². The predicted molar refractivity (Wildman–Crippen MR) is 234 cm³/mol. The van der Waals surface area contributed by atoms with E-state index in [0.29, 0.717) is 17.4 Å². The number of unbranched alkanes of at least 4 members (excludes halogenated alkanes) is 21. The summed E-state index contributed by atoms with van der Waals surface area (Å²) in [6.07, 6.45) is 43.3. The van der Waals surface area contributed by atoms with Crippen molar-refractivity contribution in [1.82, 2.24) is 0 Å². The number of carbonyl (C=O) groups excluding carboxylic acids is 2. The Hall–Kier alpha value is -1.77. The third-order valence-electron chi connectivity index (χ3n) is 9.64. The van der Waals surface area contributed by atoms with Crippen LogP contribution in [0.4, 0.5) is 0 Å². The zero-order valence-corrected chi connectivity index (χ0v) is 37.8. The van der Waals surface area contributed by atoms with Crippen LogP contribution >= 0.6 is 7.82 Å². The Balaban J connectivity index is 4.33. The first-order valence-electron chi connectivity index (χ1n) is 22.7. The molecule has 0 aromatic rings. The molecule has 0 radical (unpaired) electrons. The van der Waals surface area contributed by atoms with Crippen LogP contribution in [0.5, 0.6) is 0 Å². The molecule has 10 heteroatoms. The Bertz CT molecular complexity index is 1050. The quantitative estimate of drug-likeness (QED) is 0.0214. The van der Waals surface area contributed by atoms with Gasteiger partial charge in [0.05, 0.1) is 27.7 Å². The van der Waals surface area contributed by atoms with Crippen LogP contribution in [-0.4, -0.2) is 74.9 Å². The summed E-state index contributed by atoms with van der Waals surface area (Å²) in [5.41, 5.74) is 0.